The van der Waals surface area contributed by atoms with Crippen molar-refractivity contribution in [2.45, 2.75) is 39.7 Å². The predicted molar refractivity (Wildman–Crippen MR) is 71.8 cm³/mol. The van der Waals surface area contributed by atoms with E-state index in [0.717, 1.165) is 19.4 Å². The monoisotopic (exact) mass is 217 g/mol. The number of hydrogen-bond donors (Lipinski definition) is 1. The van der Waals surface area contributed by atoms with Gasteiger partial charge in [-0.15, -0.1) is 6.58 Å². The molecule has 0 aliphatic carbocycles. The Labute approximate surface area is 99.6 Å². The van der Waals surface area contributed by atoms with Gasteiger partial charge in [-0.1, -0.05) is 36.8 Å². The Balaban J connectivity index is 2.89. The molecule has 0 fully saturated rings. The molecule has 1 aromatic rings. The number of nitrogens with one attached hydrogen (secondary N) is 1. The molecule has 1 nitrogen and oxygen atoms in total. The van der Waals surface area contributed by atoms with E-state index >= 15 is 0 Å². The van der Waals surface area contributed by atoms with Gasteiger partial charge in [0.1, 0.15) is 0 Å². The van der Waals surface area contributed by atoms with Crippen LogP contribution in [-0.4, -0.2) is 6.54 Å². The Bertz CT molecular complexity index is 341. The minimum Gasteiger partial charge on any atom is -0.310 e. The normalized spacial score (nSPS) is 12.4. The van der Waals surface area contributed by atoms with E-state index in [-0.39, 0.29) is 0 Å². The molecule has 0 saturated carbocycles. The molecule has 0 spiro atoms. The number of aryl methyl sites for hydroxylation is 2. The van der Waals surface area contributed by atoms with E-state index in [4.69, 9.17) is 0 Å². The molecule has 1 heteroatoms. The van der Waals surface area contributed by atoms with Gasteiger partial charge in [-0.3, -0.25) is 0 Å². The second-order valence-electron chi connectivity index (χ2n) is 4.34. The zero-order valence-electron chi connectivity index (χ0n) is 10.7. The van der Waals surface area contributed by atoms with E-state index in [0.29, 0.717) is 6.04 Å². The molecule has 0 aliphatic rings. The van der Waals surface area contributed by atoms with Crippen LogP contribution in [0, 0.1) is 13.8 Å². The highest BCUT2D eigenvalue weighted by atomic mass is 14.9. The van der Waals surface area contributed by atoms with Gasteiger partial charge in [-0.25, -0.2) is 0 Å². The third-order valence-corrected chi connectivity index (χ3v) is 2.92. The summed E-state index contributed by atoms with van der Waals surface area (Å²) in [6.07, 6.45) is 4.18. The summed E-state index contributed by atoms with van der Waals surface area (Å²) >= 11 is 0. The molecule has 1 unspecified atom stereocenters. The maximum atomic E-state index is 3.80. The fourth-order valence-electron chi connectivity index (χ4n) is 2.03. The van der Waals surface area contributed by atoms with Gasteiger partial charge in [-0.2, -0.15) is 0 Å². The lowest BCUT2D eigenvalue weighted by molar-refractivity contribution is 0.517. The minimum absolute atomic E-state index is 0.461. The molecule has 0 aliphatic heterocycles. The standard InChI is InChI=1S/C15H23N/c1-5-7-8-15(16-6-2)14-11-12(3)9-10-13(14)4/h5,9-11,15-16H,1,6-8H2,2-4H3. The lowest BCUT2D eigenvalue weighted by atomic mass is 9.95. The van der Waals surface area contributed by atoms with Gasteiger partial charge < -0.3 is 5.32 Å². The van der Waals surface area contributed by atoms with Crippen LogP contribution >= 0.6 is 0 Å². The fourth-order valence-corrected chi connectivity index (χ4v) is 2.03. The van der Waals surface area contributed by atoms with E-state index in [1.165, 1.54) is 16.7 Å². The molecule has 88 valence electrons. The highest BCUT2D eigenvalue weighted by Gasteiger charge is 2.11. The first-order valence-corrected chi connectivity index (χ1v) is 6.10. The molecule has 0 bridgehead atoms. The lowest BCUT2D eigenvalue weighted by Crippen LogP contribution is -2.21. The summed E-state index contributed by atoms with van der Waals surface area (Å²) in [7, 11) is 0. The average molecular weight is 217 g/mol. The maximum absolute atomic E-state index is 3.80. The van der Waals surface area contributed by atoms with Crippen molar-refractivity contribution in [3.63, 3.8) is 0 Å². The zero-order valence-corrected chi connectivity index (χ0v) is 10.7. The van der Waals surface area contributed by atoms with Crippen molar-refractivity contribution in [2.24, 2.45) is 0 Å². The average Bonchev–Trinajstić information content (AvgIpc) is 2.28. The van der Waals surface area contributed by atoms with Crippen LogP contribution in [0.2, 0.25) is 0 Å². The number of hydrogen-bond acceptors (Lipinski definition) is 1. The smallest absolute Gasteiger partial charge is 0.0325 e. The molecule has 1 aromatic carbocycles. The summed E-state index contributed by atoms with van der Waals surface area (Å²) < 4.78 is 0. The Morgan fingerprint density at radius 1 is 1.38 bits per heavy atom. The van der Waals surface area contributed by atoms with Crippen LogP contribution in [0.1, 0.15) is 42.5 Å². The van der Waals surface area contributed by atoms with Gasteiger partial charge >= 0.3 is 0 Å². The molecule has 0 aromatic heterocycles. The maximum Gasteiger partial charge on any atom is 0.0325 e. The van der Waals surface area contributed by atoms with Crippen molar-refractivity contribution in [1.82, 2.24) is 5.32 Å². The summed E-state index contributed by atoms with van der Waals surface area (Å²) in [4.78, 5) is 0. The first-order valence-electron chi connectivity index (χ1n) is 6.10. The van der Waals surface area contributed by atoms with Crippen molar-refractivity contribution >= 4 is 0 Å². The van der Waals surface area contributed by atoms with Gasteiger partial charge in [0.05, 0.1) is 0 Å². The van der Waals surface area contributed by atoms with Crippen LogP contribution in [0.4, 0.5) is 0 Å². The predicted octanol–water partition coefficient (Wildman–Crippen LogP) is 3.92. The Morgan fingerprint density at radius 2 is 2.12 bits per heavy atom. The topological polar surface area (TPSA) is 12.0 Å². The minimum atomic E-state index is 0.461. The highest BCUT2D eigenvalue weighted by molar-refractivity contribution is 5.33. The Hall–Kier alpha value is -1.08. The molecule has 16 heavy (non-hydrogen) atoms. The third-order valence-electron chi connectivity index (χ3n) is 2.92. The molecule has 1 rings (SSSR count). The molecule has 0 saturated heterocycles. The van der Waals surface area contributed by atoms with Crippen molar-refractivity contribution in [3.05, 3.63) is 47.5 Å². The van der Waals surface area contributed by atoms with Crippen LogP contribution in [-0.2, 0) is 0 Å². The first-order chi connectivity index (χ1) is 7.69. The van der Waals surface area contributed by atoms with E-state index < -0.39 is 0 Å². The van der Waals surface area contributed by atoms with E-state index in [2.05, 4.69) is 50.9 Å². The molecule has 1 N–H and O–H groups in total. The third kappa shape index (κ3) is 3.49. The van der Waals surface area contributed by atoms with Crippen molar-refractivity contribution in [1.29, 1.82) is 0 Å². The Kier molecular flexibility index (Phi) is 5.27. The molecular formula is C15H23N. The van der Waals surface area contributed by atoms with Crippen molar-refractivity contribution in [2.75, 3.05) is 6.54 Å². The zero-order chi connectivity index (χ0) is 12.0. The molecule has 0 amide bonds. The quantitative estimate of drug-likeness (QED) is 0.712. The first kappa shape index (κ1) is 13.0. The van der Waals surface area contributed by atoms with Crippen LogP contribution in [0.25, 0.3) is 0 Å². The number of benzene rings is 1. The Morgan fingerprint density at radius 3 is 2.75 bits per heavy atom. The van der Waals surface area contributed by atoms with Gasteiger partial charge in [0.25, 0.3) is 0 Å². The van der Waals surface area contributed by atoms with E-state index in [1.54, 1.807) is 0 Å². The van der Waals surface area contributed by atoms with Gasteiger partial charge in [0.15, 0.2) is 0 Å². The second-order valence-corrected chi connectivity index (χ2v) is 4.34. The summed E-state index contributed by atoms with van der Waals surface area (Å²) in [6, 6.07) is 7.15. The molecular weight excluding hydrogens is 194 g/mol. The largest absolute Gasteiger partial charge is 0.310 e. The van der Waals surface area contributed by atoms with Crippen LogP contribution in [0.5, 0.6) is 0 Å². The summed E-state index contributed by atoms with van der Waals surface area (Å²) in [5, 5.41) is 3.55. The van der Waals surface area contributed by atoms with Gasteiger partial charge in [0.2, 0.25) is 0 Å². The number of rotatable bonds is 6. The lowest BCUT2D eigenvalue weighted by Gasteiger charge is -2.20. The summed E-state index contributed by atoms with van der Waals surface area (Å²) in [5.41, 5.74) is 4.14. The SMILES string of the molecule is C=CCCC(NCC)c1cc(C)ccc1C. The highest BCUT2D eigenvalue weighted by Crippen LogP contribution is 2.23. The van der Waals surface area contributed by atoms with E-state index in [1.807, 2.05) is 6.08 Å². The van der Waals surface area contributed by atoms with Crippen molar-refractivity contribution in [3.8, 4) is 0 Å². The van der Waals surface area contributed by atoms with Crippen molar-refractivity contribution < 1.29 is 0 Å². The summed E-state index contributed by atoms with van der Waals surface area (Å²) in [5.74, 6) is 0. The van der Waals surface area contributed by atoms with Gasteiger partial charge in [0, 0.05) is 6.04 Å². The summed E-state index contributed by atoms with van der Waals surface area (Å²) in [6.45, 7) is 11.3. The molecule has 0 radical (unpaired) electrons. The van der Waals surface area contributed by atoms with Crippen LogP contribution < -0.4 is 5.32 Å². The van der Waals surface area contributed by atoms with Gasteiger partial charge in [-0.05, 0) is 44.4 Å². The number of allylic oxidation sites excluding steroid dienone is 1. The van der Waals surface area contributed by atoms with Crippen LogP contribution in [0.3, 0.4) is 0 Å². The van der Waals surface area contributed by atoms with Crippen LogP contribution in [0.15, 0.2) is 30.9 Å². The second kappa shape index (κ2) is 6.49. The molecule has 0 heterocycles. The fraction of sp³-hybridized carbons (Fsp3) is 0.467. The molecule has 1 atom stereocenters. The van der Waals surface area contributed by atoms with E-state index in [9.17, 15) is 0 Å².